The first-order chi connectivity index (χ1) is 6.74. The Morgan fingerprint density at radius 1 is 1.21 bits per heavy atom. The van der Waals surface area contributed by atoms with Gasteiger partial charge in [-0.2, -0.15) is 0 Å². The molecule has 0 aromatic carbocycles. The van der Waals surface area contributed by atoms with E-state index in [4.69, 9.17) is 5.73 Å². The average molecular weight is 195 g/mol. The molecule has 80 valence electrons. The number of fused-ring (bicyclic) bond motifs is 5. The van der Waals surface area contributed by atoms with Gasteiger partial charge in [0.1, 0.15) is 0 Å². The molecule has 0 radical (unpaired) electrons. The lowest BCUT2D eigenvalue weighted by molar-refractivity contribution is 0.0591. The Labute approximate surface area is 85.9 Å². The zero-order chi connectivity index (χ0) is 9.76. The van der Waals surface area contributed by atoms with E-state index >= 15 is 0 Å². The first-order valence-corrected chi connectivity index (χ1v) is 6.14. The van der Waals surface area contributed by atoms with Crippen LogP contribution in [0.15, 0.2) is 0 Å². The molecule has 0 spiro atoms. The summed E-state index contributed by atoms with van der Waals surface area (Å²) in [6.45, 7) is 0.350. The Kier molecular flexibility index (Phi) is 1.94. The van der Waals surface area contributed by atoms with Crippen LogP contribution in [0.2, 0.25) is 0 Å². The van der Waals surface area contributed by atoms with Gasteiger partial charge in [-0.3, -0.25) is 0 Å². The molecule has 3 fully saturated rings. The number of aliphatic hydroxyl groups excluding tert-OH is 1. The van der Waals surface area contributed by atoms with Crippen LogP contribution in [0.3, 0.4) is 0 Å². The Balaban J connectivity index is 1.84. The van der Waals surface area contributed by atoms with E-state index in [0.717, 1.165) is 24.2 Å². The molecule has 5 atom stereocenters. The number of rotatable bonds is 1. The van der Waals surface area contributed by atoms with E-state index in [0.29, 0.717) is 12.5 Å². The van der Waals surface area contributed by atoms with Gasteiger partial charge >= 0.3 is 0 Å². The third-order valence-corrected chi connectivity index (χ3v) is 5.28. The van der Waals surface area contributed by atoms with E-state index in [9.17, 15) is 5.11 Å². The van der Waals surface area contributed by atoms with E-state index in [1.165, 1.54) is 32.1 Å². The maximum Gasteiger partial charge on any atom is 0.0459 e. The van der Waals surface area contributed by atoms with Crippen molar-refractivity contribution in [3.8, 4) is 0 Å². The molecule has 0 saturated heterocycles. The predicted molar refractivity (Wildman–Crippen MR) is 55.7 cm³/mol. The highest BCUT2D eigenvalue weighted by atomic mass is 16.3. The molecule has 3 N–H and O–H groups in total. The van der Waals surface area contributed by atoms with Crippen LogP contribution < -0.4 is 5.73 Å². The Morgan fingerprint density at radius 3 is 2.86 bits per heavy atom. The van der Waals surface area contributed by atoms with Crippen LogP contribution in [0.1, 0.15) is 38.5 Å². The molecule has 14 heavy (non-hydrogen) atoms. The largest absolute Gasteiger partial charge is 0.396 e. The number of hydrogen-bond acceptors (Lipinski definition) is 2. The lowest BCUT2D eigenvalue weighted by Crippen LogP contribution is -2.55. The predicted octanol–water partition coefficient (Wildman–Crippen LogP) is 1.52. The van der Waals surface area contributed by atoms with Crippen LogP contribution >= 0.6 is 0 Å². The summed E-state index contributed by atoms with van der Waals surface area (Å²) in [5.74, 6) is 3.01. The fourth-order valence-electron chi connectivity index (χ4n) is 4.61. The minimum Gasteiger partial charge on any atom is -0.396 e. The minimum atomic E-state index is 0.120. The van der Waals surface area contributed by atoms with Gasteiger partial charge in [-0.05, 0) is 62.2 Å². The van der Waals surface area contributed by atoms with Gasteiger partial charge in [-0.25, -0.2) is 0 Å². The molecule has 3 aliphatic rings. The third-order valence-electron chi connectivity index (χ3n) is 5.28. The number of hydrogen-bond donors (Lipinski definition) is 2. The van der Waals surface area contributed by atoms with E-state index in [1.807, 2.05) is 0 Å². The van der Waals surface area contributed by atoms with Crippen LogP contribution in [-0.4, -0.2) is 17.3 Å². The van der Waals surface area contributed by atoms with Gasteiger partial charge < -0.3 is 10.8 Å². The lowest BCUT2D eigenvalue weighted by atomic mass is 9.63. The van der Waals surface area contributed by atoms with Gasteiger partial charge in [-0.15, -0.1) is 0 Å². The molecule has 0 amide bonds. The standard InChI is InChI=1S/C12H21NO/c13-12-6-8(7-14)1-4-11(12)9-2-3-10(12)5-9/h8-11,14H,1-7,13H2/t8-,9-,10+,11?,12-/m1/s1. The molecular formula is C12H21NO. The molecular weight excluding hydrogens is 174 g/mol. The molecule has 3 saturated carbocycles. The van der Waals surface area contributed by atoms with Crippen LogP contribution in [0.4, 0.5) is 0 Å². The Bertz CT molecular complexity index is 242. The Morgan fingerprint density at radius 2 is 2.07 bits per heavy atom. The van der Waals surface area contributed by atoms with Crippen LogP contribution in [-0.2, 0) is 0 Å². The van der Waals surface area contributed by atoms with Crippen molar-refractivity contribution in [1.29, 1.82) is 0 Å². The molecule has 3 aliphatic carbocycles. The lowest BCUT2D eigenvalue weighted by Gasteiger charge is -2.47. The van der Waals surface area contributed by atoms with Gasteiger partial charge in [0.25, 0.3) is 0 Å². The summed E-state index contributed by atoms with van der Waals surface area (Å²) in [7, 11) is 0. The molecule has 0 aromatic rings. The van der Waals surface area contributed by atoms with Gasteiger partial charge in [0.2, 0.25) is 0 Å². The second-order valence-electron chi connectivity index (χ2n) is 5.82. The van der Waals surface area contributed by atoms with Gasteiger partial charge in [0.05, 0.1) is 0 Å². The van der Waals surface area contributed by atoms with Crippen LogP contribution in [0.25, 0.3) is 0 Å². The molecule has 2 bridgehead atoms. The summed E-state index contributed by atoms with van der Waals surface area (Å²) in [6.07, 6.45) is 7.76. The molecule has 0 aromatic heterocycles. The van der Waals surface area contributed by atoms with Gasteiger partial charge in [-0.1, -0.05) is 0 Å². The molecule has 0 heterocycles. The van der Waals surface area contributed by atoms with E-state index < -0.39 is 0 Å². The average Bonchev–Trinajstić information content (AvgIpc) is 2.75. The van der Waals surface area contributed by atoms with Gasteiger partial charge in [0.15, 0.2) is 0 Å². The van der Waals surface area contributed by atoms with Crippen molar-refractivity contribution < 1.29 is 5.11 Å². The SMILES string of the molecule is N[C@@]12C[C@H](CO)CCC1[C@@H]1CC[C@H]2C1. The molecule has 0 aliphatic heterocycles. The van der Waals surface area contributed by atoms with Crippen molar-refractivity contribution in [2.45, 2.75) is 44.1 Å². The second kappa shape index (κ2) is 2.96. The summed E-state index contributed by atoms with van der Waals surface area (Å²) >= 11 is 0. The molecule has 3 rings (SSSR count). The zero-order valence-electron chi connectivity index (χ0n) is 8.78. The van der Waals surface area contributed by atoms with Crippen molar-refractivity contribution in [2.75, 3.05) is 6.61 Å². The normalized spacial score (nSPS) is 56.1. The fourth-order valence-corrected chi connectivity index (χ4v) is 4.61. The van der Waals surface area contributed by atoms with E-state index in [-0.39, 0.29) is 5.54 Å². The highest BCUT2D eigenvalue weighted by molar-refractivity contribution is 5.12. The smallest absolute Gasteiger partial charge is 0.0459 e. The van der Waals surface area contributed by atoms with Gasteiger partial charge in [0, 0.05) is 12.1 Å². The van der Waals surface area contributed by atoms with Crippen molar-refractivity contribution in [1.82, 2.24) is 0 Å². The quantitative estimate of drug-likeness (QED) is 0.666. The molecule has 1 unspecified atom stereocenters. The monoisotopic (exact) mass is 195 g/mol. The minimum absolute atomic E-state index is 0.120. The molecule has 2 heteroatoms. The summed E-state index contributed by atoms with van der Waals surface area (Å²) in [6, 6.07) is 0. The first-order valence-electron chi connectivity index (χ1n) is 6.14. The summed E-state index contributed by atoms with van der Waals surface area (Å²) in [5, 5.41) is 9.24. The van der Waals surface area contributed by atoms with E-state index in [1.54, 1.807) is 0 Å². The van der Waals surface area contributed by atoms with Crippen molar-refractivity contribution >= 4 is 0 Å². The molecule has 2 nitrogen and oxygen atoms in total. The fraction of sp³-hybridized carbons (Fsp3) is 1.00. The van der Waals surface area contributed by atoms with E-state index in [2.05, 4.69) is 0 Å². The maximum atomic E-state index is 9.24. The topological polar surface area (TPSA) is 46.2 Å². The number of aliphatic hydroxyl groups is 1. The van der Waals surface area contributed by atoms with Crippen LogP contribution in [0, 0.1) is 23.7 Å². The summed E-state index contributed by atoms with van der Waals surface area (Å²) in [5.41, 5.74) is 6.72. The second-order valence-corrected chi connectivity index (χ2v) is 5.82. The van der Waals surface area contributed by atoms with Crippen LogP contribution in [0.5, 0.6) is 0 Å². The highest BCUT2D eigenvalue weighted by Gasteiger charge is 2.57. The maximum absolute atomic E-state index is 9.24. The summed E-state index contributed by atoms with van der Waals surface area (Å²) < 4.78 is 0. The Hall–Kier alpha value is -0.0800. The zero-order valence-corrected chi connectivity index (χ0v) is 8.78. The van der Waals surface area contributed by atoms with Crippen molar-refractivity contribution in [3.63, 3.8) is 0 Å². The highest BCUT2D eigenvalue weighted by Crippen LogP contribution is 2.59. The summed E-state index contributed by atoms with van der Waals surface area (Å²) in [4.78, 5) is 0. The first kappa shape index (κ1) is 9.17. The number of nitrogens with two attached hydrogens (primary N) is 1. The third kappa shape index (κ3) is 1.04. The van der Waals surface area contributed by atoms with Crippen molar-refractivity contribution in [3.05, 3.63) is 0 Å². The van der Waals surface area contributed by atoms with Crippen molar-refractivity contribution in [2.24, 2.45) is 29.4 Å².